The average Bonchev–Trinajstić information content (AvgIpc) is 2.93. The first-order valence-electron chi connectivity index (χ1n) is 18.0. The molecule has 0 aromatic heterocycles. The number of ketones is 2. The van der Waals surface area contributed by atoms with E-state index in [2.05, 4.69) is 13.8 Å². The fourth-order valence-corrected chi connectivity index (χ4v) is 6.04. The largest absolute Gasteiger partial charge is 0.307 e. The van der Waals surface area contributed by atoms with Crippen LogP contribution < -0.4 is 11.5 Å². The molecule has 0 fully saturated rings. The molecule has 0 saturated heterocycles. The summed E-state index contributed by atoms with van der Waals surface area (Å²) in [7, 11) is 0. The van der Waals surface area contributed by atoms with Crippen molar-refractivity contribution in [1.29, 1.82) is 0 Å². The van der Waals surface area contributed by atoms with Crippen LogP contribution in [0.4, 0.5) is 0 Å². The van der Waals surface area contributed by atoms with Gasteiger partial charge in [-0.05, 0) is 19.3 Å². The number of nitrogens with two attached hydrogens (primary N) is 2. The van der Waals surface area contributed by atoms with E-state index in [1.807, 2.05) is 6.92 Å². The van der Waals surface area contributed by atoms with Crippen molar-refractivity contribution in [2.45, 2.75) is 213 Å². The van der Waals surface area contributed by atoms with Crippen LogP contribution >= 0.6 is 0 Å². The van der Waals surface area contributed by atoms with E-state index in [1.165, 1.54) is 141 Å². The lowest BCUT2D eigenvalue weighted by Gasteiger charge is -2.31. The lowest BCUT2D eigenvalue weighted by molar-refractivity contribution is -0.134. The van der Waals surface area contributed by atoms with Crippen LogP contribution in [-0.4, -0.2) is 17.2 Å². The minimum absolute atomic E-state index is 0.0780. The summed E-state index contributed by atoms with van der Waals surface area (Å²) in [5.74, 6) is -0.616. The molecule has 0 spiro atoms. The van der Waals surface area contributed by atoms with Crippen molar-refractivity contribution < 1.29 is 9.59 Å². The topological polar surface area (TPSA) is 86.2 Å². The number of rotatable bonds is 32. The zero-order valence-corrected chi connectivity index (χ0v) is 27.6. The maximum atomic E-state index is 12.9. The minimum atomic E-state index is -1.51. The molecule has 4 heteroatoms. The van der Waals surface area contributed by atoms with E-state index in [0.29, 0.717) is 19.3 Å². The summed E-state index contributed by atoms with van der Waals surface area (Å²) in [5.41, 5.74) is 11.1. The molecule has 4 N–H and O–H groups in total. The Kier molecular flexibility index (Phi) is 27.9. The number of hydrogen-bond acceptors (Lipinski definition) is 4. The van der Waals surface area contributed by atoms with Gasteiger partial charge in [-0.25, -0.2) is 0 Å². The van der Waals surface area contributed by atoms with E-state index in [0.717, 1.165) is 25.7 Å². The van der Waals surface area contributed by atoms with Gasteiger partial charge in [0.05, 0.1) is 5.92 Å². The first-order chi connectivity index (χ1) is 19.4. The summed E-state index contributed by atoms with van der Waals surface area (Å²) in [6.07, 6.45) is 34.7. The maximum absolute atomic E-state index is 12.9. The van der Waals surface area contributed by atoms with E-state index >= 15 is 0 Å². The monoisotopic (exact) mass is 565 g/mol. The van der Waals surface area contributed by atoms with Crippen LogP contribution in [0.15, 0.2) is 0 Å². The second kappa shape index (κ2) is 28.4. The zero-order chi connectivity index (χ0) is 29.7. The predicted octanol–water partition coefficient (Wildman–Crippen LogP) is 10.7. The smallest absolute Gasteiger partial charge is 0.167 e. The minimum Gasteiger partial charge on any atom is -0.307 e. The van der Waals surface area contributed by atoms with Crippen molar-refractivity contribution in [3.8, 4) is 0 Å². The van der Waals surface area contributed by atoms with Gasteiger partial charge in [-0.1, -0.05) is 175 Å². The molecule has 0 saturated carbocycles. The molecule has 1 atom stereocenters. The molecule has 40 heavy (non-hydrogen) atoms. The van der Waals surface area contributed by atoms with Gasteiger partial charge < -0.3 is 11.5 Å². The van der Waals surface area contributed by atoms with E-state index in [9.17, 15) is 9.59 Å². The summed E-state index contributed by atoms with van der Waals surface area (Å²) in [6.45, 7) is 6.47. The van der Waals surface area contributed by atoms with Crippen molar-refractivity contribution in [3.05, 3.63) is 0 Å². The Morgan fingerprint density at radius 3 is 1.02 bits per heavy atom. The molecule has 0 heterocycles. The van der Waals surface area contributed by atoms with E-state index in [1.54, 1.807) is 0 Å². The quantitative estimate of drug-likeness (QED) is 0.0628. The molecule has 0 amide bonds. The van der Waals surface area contributed by atoms with Gasteiger partial charge in [-0.15, -0.1) is 0 Å². The number of unbranched alkanes of at least 4 members (excludes halogenated alkanes) is 24. The molecule has 0 aromatic rings. The van der Waals surface area contributed by atoms with Gasteiger partial charge >= 0.3 is 0 Å². The Labute approximate surface area is 251 Å². The van der Waals surface area contributed by atoms with E-state index in [4.69, 9.17) is 11.5 Å². The van der Waals surface area contributed by atoms with Crippen molar-refractivity contribution in [2.75, 3.05) is 0 Å². The van der Waals surface area contributed by atoms with E-state index in [-0.39, 0.29) is 11.6 Å². The Morgan fingerprint density at radius 2 is 0.725 bits per heavy atom. The van der Waals surface area contributed by atoms with Gasteiger partial charge in [0.25, 0.3) is 0 Å². The summed E-state index contributed by atoms with van der Waals surface area (Å²) < 4.78 is 0. The number of carbonyl (C=O) groups excluding carboxylic acids is 2. The first-order valence-corrected chi connectivity index (χ1v) is 18.0. The zero-order valence-electron chi connectivity index (χ0n) is 27.6. The molecular formula is C36H72N2O2. The molecule has 0 aliphatic rings. The van der Waals surface area contributed by atoms with Crippen molar-refractivity contribution in [2.24, 2.45) is 17.4 Å². The standard InChI is InChI=1S/C36H72N2O2/c1-4-7-9-11-13-15-17-19-21-23-25-27-29-31-34(39)33(6-3)36(37,38)35(40)32-30-28-26-24-22-20-18-16-14-12-10-8-5-2/h33H,4-32,37-38H2,1-3H3. The SMILES string of the molecule is CCCCCCCCCCCCCCCC(=O)C(CC)C(N)(N)C(=O)CCCCCCCCCCCCCCC. The van der Waals surface area contributed by atoms with Gasteiger partial charge in [0, 0.05) is 12.8 Å². The van der Waals surface area contributed by atoms with Gasteiger partial charge in [-0.3, -0.25) is 9.59 Å². The summed E-state index contributed by atoms with van der Waals surface area (Å²) >= 11 is 0. The van der Waals surface area contributed by atoms with Crippen LogP contribution in [0.3, 0.4) is 0 Å². The highest BCUT2D eigenvalue weighted by atomic mass is 16.1. The molecule has 0 radical (unpaired) electrons. The second-order valence-electron chi connectivity index (χ2n) is 12.8. The number of hydrogen-bond donors (Lipinski definition) is 2. The molecular weight excluding hydrogens is 492 g/mol. The van der Waals surface area contributed by atoms with Gasteiger partial charge in [-0.2, -0.15) is 0 Å². The Balaban J connectivity index is 3.86. The average molecular weight is 565 g/mol. The summed E-state index contributed by atoms with van der Waals surface area (Å²) in [6, 6.07) is 0. The highest BCUT2D eigenvalue weighted by Gasteiger charge is 2.40. The first kappa shape index (κ1) is 39.3. The fraction of sp³-hybridized carbons (Fsp3) is 0.944. The highest BCUT2D eigenvalue weighted by Crippen LogP contribution is 2.22. The number of carbonyl (C=O) groups is 2. The van der Waals surface area contributed by atoms with Crippen LogP contribution in [-0.2, 0) is 9.59 Å². The second-order valence-corrected chi connectivity index (χ2v) is 12.8. The lowest BCUT2D eigenvalue weighted by Crippen LogP contribution is -2.63. The molecule has 1 unspecified atom stereocenters. The lowest BCUT2D eigenvalue weighted by atomic mass is 9.81. The molecule has 0 rings (SSSR count). The van der Waals surface area contributed by atoms with Crippen LogP contribution in [0.25, 0.3) is 0 Å². The normalized spacial score (nSPS) is 12.6. The third kappa shape index (κ3) is 21.9. The van der Waals surface area contributed by atoms with E-state index < -0.39 is 11.6 Å². The van der Waals surface area contributed by atoms with Crippen molar-refractivity contribution in [3.63, 3.8) is 0 Å². The van der Waals surface area contributed by atoms with Crippen LogP contribution in [0.5, 0.6) is 0 Å². The molecule has 238 valence electrons. The molecule has 0 aliphatic heterocycles. The van der Waals surface area contributed by atoms with Gasteiger partial charge in [0.2, 0.25) is 0 Å². The van der Waals surface area contributed by atoms with Crippen LogP contribution in [0, 0.1) is 5.92 Å². The van der Waals surface area contributed by atoms with Crippen molar-refractivity contribution in [1.82, 2.24) is 0 Å². The Bertz CT molecular complexity index is 575. The Hall–Kier alpha value is -0.740. The summed E-state index contributed by atoms with van der Waals surface area (Å²) in [5, 5.41) is 0. The van der Waals surface area contributed by atoms with Crippen molar-refractivity contribution >= 4 is 11.6 Å². The highest BCUT2D eigenvalue weighted by molar-refractivity contribution is 5.95. The fourth-order valence-electron chi connectivity index (χ4n) is 6.04. The van der Waals surface area contributed by atoms with Gasteiger partial charge in [0.15, 0.2) is 5.78 Å². The maximum Gasteiger partial charge on any atom is 0.167 e. The third-order valence-electron chi connectivity index (χ3n) is 8.89. The molecule has 0 bridgehead atoms. The molecule has 0 aliphatic carbocycles. The molecule has 0 aromatic carbocycles. The summed E-state index contributed by atoms with van der Waals surface area (Å²) in [4.78, 5) is 25.8. The van der Waals surface area contributed by atoms with Crippen LogP contribution in [0.1, 0.15) is 207 Å². The van der Waals surface area contributed by atoms with Crippen LogP contribution in [0.2, 0.25) is 0 Å². The molecule has 4 nitrogen and oxygen atoms in total. The number of Topliss-reactive ketones (excluding diaryl/α,β-unsaturated/α-hetero) is 2. The predicted molar refractivity (Wildman–Crippen MR) is 176 cm³/mol. The Morgan fingerprint density at radius 1 is 0.450 bits per heavy atom. The van der Waals surface area contributed by atoms with Gasteiger partial charge in [0.1, 0.15) is 11.4 Å². The third-order valence-corrected chi connectivity index (χ3v) is 8.89.